The second kappa shape index (κ2) is 39.2. The first kappa shape index (κ1) is 75.3. The van der Waals surface area contributed by atoms with E-state index in [4.69, 9.17) is 14.2 Å². The van der Waals surface area contributed by atoms with Crippen molar-refractivity contribution in [3.05, 3.63) is 90.9 Å². The van der Waals surface area contributed by atoms with Crippen LogP contribution < -0.4 is 41.3 Å². The molecule has 0 radical (unpaired) electrons. The van der Waals surface area contributed by atoms with E-state index < -0.39 is 80.3 Å². The lowest BCUT2D eigenvalue weighted by Crippen LogP contribution is -2.50. The number of hydrogen-bond acceptors (Lipinski definition) is 22. The molecule has 2 atom stereocenters. The number of aliphatic carboxylic acids is 4. The smallest absolute Gasteiger partial charge is 0.326 e. The Bertz CT molecular complexity index is 3350. The summed E-state index contributed by atoms with van der Waals surface area (Å²) < 4.78 is 75.9. The first-order valence-electron chi connectivity index (χ1n) is 31.0. The van der Waals surface area contributed by atoms with Crippen molar-refractivity contribution in [2.45, 2.75) is 73.7 Å². The lowest BCUT2D eigenvalue weighted by Gasteiger charge is -2.33. The van der Waals surface area contributed by atoms with E-state index in [1.54, 1.807) is 46.3 Å². The van der Waals surface area contributed by atoms with Crippen molar-refractivity contribution in [1.29, 1.82) is 0 Å². The Labute approximate surface area is 546 Å². The molecule has 12 N–H and O–H groups in total. The summed E-state index contributed by atoms with van der Waals surface area (Å²) in [6.07, 6.45) is 6.55. The van der Waals surface area contributed by atoms with Gasteiger partial charge < -0.3 is 66.1 Å². The number of carboxylic acids is 4. The Hall–Kier alpha value is -7.74. The van der Waals surface area contributed by atoms with Gasteiger partial charge in [-0.2, -0.15) is 9.82 Å². The average molecular weight is 1360 g/mol. The number of sulfonamides is 2. The predicted octanol–water partition coefficient (Wildman–Crippen LogP) is -1.22. The van der Waals surface area contributed by atoms with E-state index >= 15 is 0 Å². The molecule has 4 aromatic rings. The molecule has 3 amide bonds. The van der Waals surface area contributed by atoms with Crippen molar-refractivity contribution < 1.29 is 85.0 Å². The van der Waals surface area contributed by atoms with Crippen molar-refractivity contribution in [2.75, 3.05) is 144 Å². The van der Waals surface area contributed by atoms with E-state index in [2.05, 4.69) is 51.3 Å². The monoisotopic (exact) mass is 1360 g/mol. The van der Waals surface area contributed by atoms with E-state index in [9.17, 15) is 70.8 Å². The Morgan fingerprint density at radius 1 is 0.596 bits per heavy atom. The zero-order valence-electron chi connectivity index (χ0n) is 52.6. The molecule has 3 aromatic carbocycles. The van der Waals surface area contributed by atoms with Crippen LogP contribution in [0.25, 0.3) is 22.0 Å². The standard InChI is InChI=1S/C60H88N14O18S2/c1-2-70-24-26-71(28-29-73(43-56(79)80)31-30-72(27-25-70)42-55(77)78)41-54(76)68-50(58(82)83)15-17-53(75)61-19-4-32-90-34-36-92-37-35-91-33-5-20-67-93(86,87)48-11-6-44(7-12-48)45-8-13-49(14-9-45)94(88,89)69-51(59(84)85)40-65-57(81)46-10-16-52-47(38-46)39-66-74(52)23-3-18-62-60-63-21-22-64-60/h6-14,16,21-22,38-39,50-51,60,62-64,67,69H,2-5,15,17-20,23-37,40-43H2,1H3,(H,61,75)(H,65,81)(H,68,76)(H,77,78)(H,79,80)(H,82,83)(H,84,85)/t50-,51-/m0/s1. The minimum Gasteiger partial charge on any atom is -0.480 e. The van der Waals surface area contributed by atoms with Gasteiger partial charge in [0.25, 0.3) is 5.91 Å². The number of likely N-dealkylation sites (N-methyl/N-ethyl adjacent to an activating group) is 1. The molecule has 0 unspecified atom stereocenters. The number of carboxylic acid groups (broad SMARTS) is 4. The maximum atomic E-state index is 13.3. The van der Waals surface area contributed by atoms with Gasteiger partial charge in [-0.25, -0.2) is 26.4 Å². The van der Waals surface area contributed by atoms with Gasteiger partial charge in [-0.1, -0.05) is 31.2 Å². The zero-order valence-corrected chi connectivity index (χ0v) is 54.3. The maximum Gasteiger partial charge on any atom is 0.326 e. The van der Waals surface area contributed by atoms with Gasteiger partial charge in [-0.05, 0) is 85.8 Å². The third kappa shape index (κ3) is 26.6. The predicted molar refractivity (Wildman–Crippen MR) is 343 cm³/mol. The molecule has 0 aliphatic carbocycles. The van der Waals surface area contributed by atoms with Gasteiger partial charge in [0.05, 0.1) is 67.6 Å². The molecular formula is C60H88N14O18S2. The summed E-state index contributed by atoms with van der Waals surface area (Å²) in [7, 11) is -8.26. The fourth-order valence-corrected chi connectivity index (χ4v) is 12.2. The number of carbonyl (C=O) groups is 7. The fourth-order valence-electron chi connectivity index (χ4n) is 9.94. The third-order valence-electron chi connectivity index (χ3n) is 15.2. The Morgan fingerprint density at radius 3 is 1.66 bits per heavy atom. The number of benzene rings is 3. The van der Waals surface area contributed by atoms with Crippen LogP contribution in [0, 0.1) is 0 Å². The normalized spacial score (nSPS) is 15.7. The van der Waals surface area contributed by atoms with Gasteiger partial charge >= 0.3 is 23.9 Å². The van der Waals surface area contributed by atoms with Crippen LogP contribution in [0.5, 0.6) is 0 Å². The van der Waals surface area contributed by atoms with Crippen LogP contribution >= 0.6 is 0 Å². The minimum atomic E-state index is -4.38. The molecule has 518 valence electrons. The number of fused-ring (bicyclic) bond motifs is 1. The Kier molecular flexibility index (Phi) is 31.4. The quantitative estimate of drug-likeness (QED) is 0.0232. The molecule has 2 aliphatic heterocycles. The third-order valence-corrected chi connectivity index (χ3v) is 18.1. The van der Waals surface area contributed by atoms with Gasteiger partial charge in [0.2, 0.25) is 31.9 Å². The molecule has 1 aromatic heterocycles. The van der Waals surface area contributed by atoms with Crippen molar-refractivity contribution >= 4 is 72.5 Å². The van der Waals surface area contributed by atoms with Crippen LogP contribution in [0.2, 0.25) is 0 Å². The number of amides is 3. The number of nitrogens with one attached hydrogen (secondary N) is 8. The molecule has 32 nitrogen and oxygen atoms in total. The van der Waals surface area contributed by atoms with E-state index in [0.717, 1.165) is 18.5 Å². The highest BCUT2D eigenvalue weighted by Gasteiger charge is 2.28. The number of carbonyl (C=O) groups excluding carboxylic acids is 3. The molecule has 34 heteroatoms. The summed E-state index contributed by atoms with van der Waals surface area (Å²) in [6.45, 7) is 8.05. The number of rotatable bonds is 41. The Balaban J connectivity index is 0.786. The summed E-state index contributed by atoms with van der Waals surface area (Å²) in [5, 5.41) is 61.0. The summed E-state index contributed by atoms with van der Waals surface area (Å²) in [5.74, 6) is -6.38. The molecule has 6 rings (SSSR count). The first-order valence-corrected chi connectivity index (χ1v) is 34.0. The molecule has 94 heavy (non-hydrogen) atoms. The largest absolute Gasteiger partial charge is 0.480 e. The lowest BCUT2D eigenvalue weighted by molar-refractivity contribution is -0.142. The fraction of sp³-hybridized carbons (Fsp3) is 0.533. The highest BCUT2D eigenvalue weighted by molar-refractivity contribution is 7.89. The van der Waals surface area contributed by atoms with Gasteiger partial charge in [0.1, 0.15) is 12.1 Å². The number of nitrogens with zero attached hydrogens (tertiary/aromatic N) is 6. The lowest BCUT2D eigenvalue weighted by atomic mass is 10.1. The van der Waals surface area contributed by atoms with Crippen LogP contribution in [0.4, 0.5) is 0 Å². The molecular weight excluding hydrogens is 1270 g/mol. The van der Waals surface area contributed by atoms with E-state index in [0.29, 0.717) is 94.9 Å². The molecule has 0 saturated carbocycles. The number of aromatic nitrogens is 2. The molecule has 0 bridgehead atoms. The highest BCUT2D eigenvalue weighted by atomic mass is 32.2. The van der Waals surface area contributed by atoms with Crippen LogP contribution in [0.1, 0.15) is 49.4 Å². The topological polar surface area (TPSA) is 423 Å². The zero-order chi connectivity index (χ0) is 67.9. The van der Waals surface area contributed by atoms with Crippen molar-refractivity contribution in [3.63, 3.8) is 0 Å². The van der Waals surface area contributed by atoms with E-state index in [-0.39, 0.29) is 107 Å². The van der Waals surface area contributed by atoms with Crippen LogP contribution in [-0.4, -0.2) is 271 Å². The maximum absolute atomic E-state index is 13.3. The van der Waals surface area contributed by atoms with Crippen LogP contribution in [0.3, 0.4) is 0 Å². The van der Waals surface area contributed by atoms with Crippen molar-refractivity contribution in [2.24, 2.45) is 0 Å². The summed E-state index contributed by atoms with van der Waals surface area (Å²) >= 11 is 0. The number of aryl methyl sites for hydroxylation is 1. The van der Waals surface area contributed by atoms with E-state index in [1.165, 1.54) is 36.4 Å². The van der Waals surface area contributed by atoms with Crippen LogP contribution in [-0.2, 0) is 69.6 Å². The van der Waals surface area contributed by atoms with Gasteiger partial charge in [0, 0.05) is 128 Å². The number of ether oxygens (including phenoxy) is 3. The second-order valence-corrected chi connectivity index (χ2v) is 25.6. The van der Waals surface area contributed by atoms with Crippen LogP contribution in [0.15, 0.2) is 95.1 Å². The molecule has 1 fully saturated rings. The first-order chi connectivity index (χ1) is 45.1. The van der Waals surface area contributed by atoms with Gasteiger partial charge in [0.15, 0.2) is 6.29 Å². The SMILES string of the molecule is CCN1CCN(CC(=O)O)CCN(CC(=O)O)CCN(CC(=O)N[C@@H](CCC(=O)NCCCOCCOCCOCCCNS(=O)(=O)c2ccc(-c3ccc(S(=O)(=O)N[C@@H](CNC(=O)c4ccc5c(cnn5CCCNC5NC=CN5)c4)C(=O)O)cc3)cc2)C(=O)O)CC1. The van der Waals surface area contributed by atoms with Gasteiger partial charge in [-0.15, -0.1) is 0 Å². The molecule has 0 spiro atoms. The highest BCUT2D eigenvalue weighted by Crippen LogP contribution is 2.24. The molecule has 3 heterocycles. The summed E-state index contributed by atoms with van der Waals surface area (Å²) in [6, 6.07) is 13.4. The number of hydrogen-bond donors (Lipinski definition) is 12. The van der Waals surface area contributed by atoms with Crippen molar-refractivity contribution in [1.82, 2.24) is 70.7 Å². The van der Waals surface area contributed by atoms with E-state index in [1.807, 2.05) is 28.9 Å². The minimum absolute atomic E-state index is 0.00427. The Morgan fingerprint density at radius 2 is 1.12 bits per heavy atom. The summed E-state index contributed by atoms with van der Waals surface area (Å²) in [5.41, 5.74) is 2.18. The second-order valence-electron chi connectivity index (χ2n) is 22.2. The van der Waals surface area contributed by atoms with Crippen molar-refractivity contribution in [3.8, 4) is 11.1 Å². The molecule has 2 aliphatic rings. The summed E-state index contributed by atoms with van der Waals surface area (Å²) in [4.78, 5) is 93.3. The molecule has 1 saturated heterocycles. The van der Waals surface area contributed by atoms with Gasteiger partial charge in [-0.3, -0.25) is 53.5 Å². The average Bonchev–Trinajstić information content (AvgIpc) is 1.44.